The SMILES string of the molecule is Cc1cc2cc(NC(=O)c3n[nH]c4c3CNCC4)ccc2[nH]1. The van der Waals surface area contributed by atoms with Gasteiger partial charge in [-0.3, -0.25) is 9.89 Å². The van der Waals surface area contributed by atoms with Gasteiger partial charge in [0.05, 0.1) is 0 Å². The van der Waals surface area contributed by atoms with Crippen LogP contribution in [0.1, 0.15) is 27.4 Å². The lowest BCUT2D eigenvalue weighted by Crippen LogP contribution is -2.25. The number of hydrogen-bond donors (Lipinski definition) is 4. The highest BCUT2D eigenvalue weighted by Gasteiger charge is 2.21. The van der Waals surface area contributed by atoms with Crippen molar-refractivity contribution in [3.63, 3.8) is 0 Å². The minimum absolute atomic E-state index is 0.173. The van der Waals surface area contributed by atoms with Crippen LogP contribution >= 0.6 is 0 Å². The summed E-state index contributed by atoms with van der Waals surface area (Å²) < 4.78 is 0. The van der Waals surface area contributed by atoms with Crippen molar-refractivity contribution in [3.8, 4) is 0 Å². The zero-order valence-corrected chi connectivity index (χ0v) is 12.3. The second kappa shape index (κ2) is 4.99. The van der Waals surface area contributed by atoms with Gasteiger partial charge in [0, 0.05) is 53.1 Å². The van der Waals surface area contributed by atoms with E-state index < -0.39 is 0 Å². The zero-order valence-electron chi connectivity index (χ0n) is 12.3. The van der Waals surface area contributed by atoms with Crippen LogP contribution in [0.5, 0.6) is 0 Å². The van der Waals surface area contributed by atoms with E-state index in [2.05, 4.69) is 31.9 Å². The molecule has 3 heterocycles. The highest BCUT2D eigenvalue weighted by atomic mass is 16.1. The van der Waals surface area contributed by atoms with Gasteiger partial charge in [0.15, 0.2) is 5.69 Å². The number of nitrogens with one attached hydrogen (secondary N) is 4. The van der Waals surface area contributed by atoms with Gasteiger partial charge in [-0.15, -0.1) is 0 Å². The van der Waals surface area contributed by atoms with Gasteiger partial charge in [-0.25, -0.2) is 0 Å². The molecule has 0 saturated carbocycles. The molecule has 0 bridgehead atoms. The van der Waals surface area contributed by atoms with Crippen LogP contribution in [0, 0.1) is 6.92 Å². The first kappa shape index (κ1) is 13.1. The molecule has 0 saturated heterocycles. The van der Waals surface area contributed by atoms with E-state index in [1.807, 2.05) is 25.1 Å². The molecule has 3 aromatic rings. The van der Waals surface area contributed by atoms with Crippen LogP contribution in [0.25, 0.3) is 10.9 Å². The first-order valence-electron chi connectivity index (χ1n) is 7.38. The molecule has 6 heteroatoms. The fourth-order valence-electron chi connectivity index (χ4n) is 2.96. The van der Waals surface area contributed by atoms with E-state index in [-0.39, 0.29) is 5.91 Å². The Balaban J connectivity index is 1.61. The first-order valence-corrected chi connectivity index (χ1v) is 7.38. The number of benzene rings is 1. The number of aromatic amines is 2. The molecule has 0 fully saturated rings. The number of nitrogens with zero attached hydrogens (tertiary/aromatic N) is 1. The molecule has 6 nitrogen and oxygen atoms in total. The highest BCUT2D eigenvalue weighted by molar-refractivity contribution is 6.05. The van der Waals surface area contributed by atoms with E-state index in [0.717, 1.165) is 46.5 Å². The number of aromatic nitrogens is 3. The summed E-state index contributed by atoms with van der Waals surface area (Å²) in [7, 11) is 0. The minimum atomic E-state index is -0.173. The van der Waals surface area contributed by atoms with Crippen LogP contribution < -0.4 is 10.6 Å². The summed E-state index contributed by atoms with van der Waals surface area (Å²) in [4.78, 5) is 15.7. The number of rotatable bonds is 2. The Morgan fingerprint density at radius 1 is 1.32 bits per heavy atom. The van der Waals surface area contributed by atoms with E-state index >= 15 is 0 Å². The summed E-state index contributed by atoms with van der Waals surface area (Å²) in [6.07, 6.45) is 0.879. The number of hydrogen-bond acceptors (Lipinski definition) is 3. The Morgan fingerprint density at radius 3 is 3.14 bits per heavy atom. The summed E-state index contributed by atoms with van der Waals surface area (Å²) in [6, 6.07) is 7.90. The maximum atomic E-state index is 12.5. The molecule has 4 N–H and O–H groups in total. The molecule has 0 aliphatic carbocycles. The van der Waals surface area contributed by atoms with Gasteiger partial charge in [-0.2, -0.15) is 5.10 Å². The molecule has 0 unspecified atom stereocenters. The predicted octanol–water partition coefficient (Wildman–Crippen LogP) is 2.10. The van der Waals surface area contributed by atoms with E-state index in [1.165, 1.54) is 0 Å². The lowest BCUT2D eigenvalue weighted by atomic mass is 10.1. The Bertz CT molecular complexity index is 861. The van der Waals surface area contributed by atoms with Crippen molar-refractivity contribution in [3.05, 3.63) is 46.9 Å². The number of anilines is 1. The summed E-state index contributed by atoms with van der Waals surface area (Å²) >= 11 is 0. The van der Waals surface area contributed by atoms with Crippen molar-refractivity contribution >= 4 is 22.5 Å². The molecule has 1 aliphatic rings. The molecule has 1 aromatic carbocycles. The molecule has 1 amide bonds. The van der Waals surface area contributed by atoms with E-state index in [0.29, 0.717) is 12.2 Å². The average molecular weight is 295 g/mol. The van der Waals surface area contributed by atoms with Gasteiger partial charge in [0.2, 0.25) is 0 Å². The quantitative estimate of drug-likeness (QED) is 0.584. The maximum absolute atomic E-state index is 12.5. The van der Waals surface area contributed by atoms with Gasteiger partial charge < -0.3 is 15.6 Å². The van der Waals surface area contributed by atoms with Gasteiger partial charge in [0.25, 0.3) is 5.91 Å². The van der Waals surface area contributed by atoms with Crippen LogP contribution in [-0.2, 0) is 13.0 Å². The number of fused-ring (bicyclic) bond motifs is 2. The van der Waals surface area contributed by atoms with E-state index in [1.54, 1.807) is 0 Å². The Morgan fingerprint density at radius 2 is 2.23 bits per heavy atom. The topological polar surface area (TPSA) is 85.6 Å². The molecule has 22 heavy (non-hydrogen) atoms. The van der Waals surface area contributed by atoms with Crippen molar-refractivity contribution in [1.82, 2.24) is 20.5 Å². The van der Waals surface area contributed by atoms with Crippen LogP contribution in [0.4, 0.5) is 5.69 Å². The van der Waals surface area contributed by atoms with Crippen LogP contribution in [-0.4, -0.2) is 27.6 Å². The standard InChI is InChI=1S/C16H17N5O/c1-9-6-10-7-11(2-3-13(10)18-9)19-16(22)15-12-8-17-5-4-14(12)20-21-15/h2-3,6-7,17-18H,4-5,8H2,1H3,(H,19,22)(H,20,21). The van der Waals surface area contributed by atoms with Crippen LogP contribution in [0.15, 0.2) is 24.3 Å². The third-order valence-corrected chi connectivity index (χ3v) is 4.03. The Hall–Kier alpha value is -2.60. The summed E-state index contributed by atoms with van der Waals surface area (Å²) in [6.45, 7) is 3.62. The van der Waals surface area contributed by atoms with Crippen LogP contribution in [0.2, 0.25) is 0 Å². The largest absolute Gasteiger partial charge is 0.359 e. The summed E-state index contributed by atoms with van der Waals surface area (Å²) in [5, 5.41) is 14.4. The average Bonchev–Trinajstić information content (AvgIpc) is 3.09. The molecular weight excluding hydrogens is 278 g/mol. The Kier molecular flexibility index (Phi) is 2.97. The lowest BCUT2D eigenvalue weighted by molar-refractivity contribution is 0.102. The number of aryl methyl sites for hydroxylation is 1. The van der Waals surface area contributed by atoms with Crippen LogP contribution in [0.3, 0.4) is 0 Å². The van der Waals surface area contributed by atoms with Gasteiger partial charge in [0.1, 0.15) is 0 Å². The molecule has 2 aromatic heterocycles. The molecule has 0 atom stereocenters. The molecule has 0 spiro atoms. The number of carbonyl (C=O) groups excluding carboxylic acids is 1. The van der Waals surface area contributed by atoms with Crippen molar-refractivity contribution < 1.29 is 4.79 Å². The highest BCUT2D eigenvalue weighted by Crippen LogP contribution is 2.21. The number of amides is 1. The first-order chi connectivity index (χ1) is 10.7. The molecule has 112 valence electrons. The second-order valence-corrected chi connectivity index (χ2v) is 5.66. The van der Waals surface area contributed by atoms with Crippen molar-refractivity contribution in [2.24, 2.45) is 0 Å². The third-order valence-electron chi connectivity index (χ3n) is 4.03. The van der Waals surface area contributed by atoms with Gasteiger partial charge in [-0.1, -0.05) is 0 Å². The molecule has 0 radical (unpaired) electrons. The zero-order chi connectivity index (χ0) is 15.1. The monoisotopic (exact) mass is 295 g/mol. The predicted molar refractivity (Wildman–Crippen MR) is 85.0 cm³/mol. The van der Waals surface area contributed by atoms with Gasteiger partial charge >= 0.3 is 0 Å². The Labute approximate surface area is 127 Å². The fourth-order valence-corrected chi connectivity index (χ4v) is 2.96. The fraction of sp³-hybridized carbons (Fsp3) is 0.250. The van der Waals surface area contributed by atoms with E-state index in [4.69, 9.17) is 0 Å². The minimum Gasteiger partial charge on any atom is -0.359 e. The molecule has 4 rings (SSSR count). The van der Waals surface area contributed by atoms with Crippen molar-refractivity contribution in [2.45, 2.75) is 19.9 Å². The second-order valence-electron chi connectivity index (χ2n) is 5.66. The third kappa shape index (κ3) is 2.17. The smallest absolute Gasteiger partial charge is 0.276 e. The summed E-state index contributed by atoms with van der Waals surface area (Å²) in [5.41, 5.74) is 5.45. The van der Waals surface area contributed by atoms with Crippen molar-refractivity contribution in [1.29, 1.82) is 0 Å². The lowest BCUT2D eigenvalue weighted by Gasteiger charge is -2.12. The molecule has 1 aliphatic heterocycles. The number of carbonyl (C=O) groups is 1. The van der Waals surface area contributed by atoms with Crippen molar-refractivity contribution in [2.75, 3.05) is 11.9 Å². The van der Waals surface area contributed by atoms with E-state index in [9.17, 15) is 4.79 Å². The molecular formula is C16H17N5O. The summed E-state index contributed by atoms with van der Waals surface area (Å²) in [5.74, 6) is -0.173. The normalized spacial score (nSPS) is 14.0. The number of H-pyrrole nitrogens is 2. The maximum Gasteiger partial charge on any atom is 0.276 e. The van der Waals surface area contributed by atoms with Gasteiger partial charge in [-0.05, 0) is 31.2 Å².